The van der Waals surface area contributed by atoms with E-state index in [1.165, 1.54) is 24.8 Å². The molecule has 0 aromatic heterocycles. The summed E-state index contributed by atoms with van der Waals surface area (Å²) in [4.78, 5) is 3.95. The zero-order valence-electron chi connectivity index (χ0n) is 7.30. The maximum Gasteiger partial charge on any atom is 0.344 e. The van der Waals surface area contributed by atoms with Crippen LogP contribution in [0.2, 0.25) is 0 Å². The average molecular weight is 151 g/mol. The van der Waals surface area contributed by atoms with Gasteiger partial charge in [-0.05, 0) is 12.8 Å². The maximum atomic E-state index is 3.95. The number of hydrogen-bond donors (Lipinski definition) is 0. The second-order valence-electron chi connectivity index (χ2n) is 2.91. The van der Waals surface area contributed by atoms with Gasteiger partial charge in [-0.15, -0.1) is 0 Å². The van der Waals surface area contributed by atoms with Gasteiger partial charge in [0.25, 0.3) is 0 Å². The van der Waals surface area contributed by atoms with Gasteiger partial charge in [-0.25, -0.2) is 0 Å². The van der Waals surface area contributed by atoms with E-state index in [2.05, 4.69) is 16.8 Å². The van der Waals surface area contributed by atoms with E-state index in [9.17, 15) is 0 Å². The van der Waals surface area contributed by atoms with Gasteiger partial charge in [0, 0.05) is 6.92 Å². The molecule has 1 heterocycles. The summed E-state index contributed by atoms with van der Waals surface area (Å²) >= 11 is 0. The molecule has 0 radical (unpaired) electrons. The number of unbranched alkanes of at least 4 members (excludes halogenated alkanes) is 2. The van der Waals surface area contributed by atoms with E-state index in [1.807, 2.05) is 13.1 Å². The molecule has 1 rings (SSSR count). The molecule has 0 spiro atoms. The molecule has 0 aliphatic carbocycles. The first-order valence-corrected chi connectivity index (χ1v) is 4.28. The SMILES string of the molecule is CCCCCC1=CN=[N+]=C1C. The molecule has 2 heteroatoms. The van der Waals surface area contributed by atoms with Crippen molar-refractivity contribution in [1.82, 2.24) is 0 Å². The fourth-order valence-electron chi connectivity index (χ4n) is 1.15. The highest BCUT2D eigenvalue weighted by Crippen LogP contribution is 2.11. The van der Waals surface area contributed by atoms with E-state index >= 15 is 0 Å². The minimum atomic E-state index is 1.10. The number of nitrogens with zero attached hydrogens (tertiary/aromatic N) is 2. The zero-order chi connectivity index (χ0) is 8.10. The van der Waals surface area contributed by atoms with Gasteiger partial charge in [0.2, 0.25) is 0 Å². The lowest BCUT2D eigenvalue weighted by Crippen LogP contribution is -1.95. The Morgan fingerprint density at radius 2 is 2.27 bits per heavy atom. The van der Waals surface area contributed by atoms with Crippen LogP contribution in [0.4, 0.5) is 0 Å². The Labute approximate surface area is 67.8 Å². The predicted octanol–water partition coefficient (Wildman–Crippen LogP) is 2.59. The minimum absolute atomic E-state index is 1.10. The Morgan fingerprint density at radius 3 is 2.82 bits per heavy atom. The van der Waals surface area contributed by atoms with Crippen molar-refractivity contribution in [1.29, 1.82) is 0 Å². The van der Waals surface area contributed by atoms with Crippen LogP contribution >= 0.6 is 0 Å². The topological polar surface area (TPSA) is 26.5 Å². The van der Waals surface area contributed by atoms with Crippen molar-refractivity contribution < 1.29 is 4.79 Å². The molecule has 0 bridgehead atoms. The van der Waals surface area contributed by atoms with E-state index in [4.69, 9.17) is 0 Å². The van der Waals surface area contributed by atoms with E-state index in [0.717, 1.165) is 12.1 Å². The van der Waals surface area contributed by atoms with Crippen molar-refractivity contribution in [3.05, 3.63) is 11.8 Å². The van der Waals surface area contributed by atoms with Crippen LogP contribution in [0.5, 0.6) is 0 Å². The van der Waals surface area contributed by atoms with Gasteiger partial charge in [-0.3, -0.25) is 0 Å². The first kappa shape index (κ1) is 8.22. The monoisotopic (exact) mass is 151 g/mol. The average Bonchev–Trinajstić information content (AvgIpc) is 2.37. The lowest BCUT2D eigenvalue weighted by molar-refractivity contribution is -0.0736. The molecule has 1 aliphatic rings. The van der Waals surface area contributed by atoms with Crippen molar-refractivity contribution in [3.63, 3.8) is 0 Å². The number of allylic oxidation sites excluding steroid dienone is 1. The lowest BCUT2D eigenvalue weighted by atomic mass is 10.1. The summed E-state index contributed by atoms with van der Waals surface area (Å²) < 4.78 is 0. The Balaban J connectivity index is 2.25. The lowest BCUT2D eigenvalue weighted by Gasteiger charge is -1.94. The standard InChI is InChI=1S/C9H15N2/c1-3-4-5-6-9-7-10-11-8(9)2/h7H,3-6H2,1-2H3/q+1. The Bertz CT molecular complexity index is 220. The van der Waals surface area contributed by atoms with Gasteiger partial charge in [-0.1, -0.05) is 19.8 Å². The molecule has 2 nitrogen and oxygen atoms in total. The van der Waals surface area contributed by atoms with Crippen molar-refractivity contribution in [2.75, 3.05) is 0 Å². The quantitative estimate of drug-likeness (QED) is 0.436. The molecule has 0 aromatic rings. The van der Waals surface area contributed by atoms with E-state index in [0.29, 0.717) is 0 Å². The van der Waals surface area contributed by atoms with E-state index < -0.39 is 0 Å². The van der Waals surface area contributed by atoms with Gasteiger partial charge >= 0.3 is 5.71 Å². The molecule has 0 N–H and O–H groups in total. The van der Waals surface area contributed by atoms with Crippen molar-refractivity contribution >= 4 is 5.71 Å². The fraction of sp³-hybridized carbons (Fsp3) is 0.667. The molecule has 1 aliphatic heterocycles. The highest BCUT2D eigenvalue weighted by Gasteiger charge is 2.15. The van der Waals surface area contributed by atoms with Gasteiger partial charge in [0.05, 0.1) is 10.4 Å². The van der Waals surface area contributed by atoms with Gasteiger partial charge in [0.1, 0.15) is 11.3 Å². The molecule has 0 saturated heterocycles. The Kier molecular flexibility index (Phi) is 3.06. The Hall–Kier alpha value is -0.880. The van der Waals surface area contributed by atoms with Crippen LogP contribution in [0.1, 0.15) is 39.5 Å². The molecule has 60 valence electrons. The zero-order valence-corrected chi connectivity index (χ0v) is 7.30. The molecule has 0 saturated carbocycles. The van der Waals surface area contributed by atoms with Crippen LogP contribution in [-0.4, -0.2) is 10.5 Å². The number of rotatable bonds is 4. The van der Waals surface area contributed by atoms with E-state index in [-0.39, 0.29) is 0 Å². The number of hydrogen-bond acceptors (Lipinski definition) is 1. The second kappa shape index (κ2) is 4.09. The first-order valence-electron chi connectivity index (χ1n) is 4.28. The molecule has 0 fully saturated rings. The Morgan fingerprint density at radius 1 is 1.45 bits per heavy atom. The summed E-state index contributed by atoms with van der Waals surface area (Å²) in [6.45, 7) is 4.24. The van der Waals surface area contributed by atoms with Crippen LogP contribution in [0.15, 0.2) is 16.9 Å². The summed E-state index contributed by atoms with van der Waals surface area (Å²) in [5, 5.41) is 3.85. The summed E-state index contributed by atoms with van der Waals surface area (Å²) in [6, 6.07) is 0. The van der Waals surface area contributed by atoms with E-state index in [1.54, 1.807) is 0 Å². The summed E-state index contributed by atoms with van der Waals surface area (Å²) in [6.07, 6.45) is 6.88. The maximum absolute atomic E-state index is 3.95. The van der Waals surface area contributed by atoms with Crippen LogP contribution in [0.3, 0.4) is 0 Å². The second-order valence-corrected chi connectivity index (χ2v) is 2.91. The minimum Gasteiger partial charge on any atom is -0.0654 e. The molecule has 11 heavy (non-hydrogen) atoms. The third-order valence-electron chi connectivity index (χ3n) is 1.94. The molecule has 0 unspecified atom stereocenters. The fourth-order valence-corrected chi connectivity index (χ4v) is 1.15. The highest BCUT2D eigenvalue weighted by atomic mass is 15.0. The molecule has 0 amide bonds. The van der Waals surface area contributed by atoms with Gasteiger partial charge < -0.3 is 0 Å². The summed E-state index contributed by atoms with van der Waals surface area (Å²) in [7, 11) is 0. The van der Waals surface area contributed by atoms with Crippen molar-refractivity contribution in [2.45, 2.75) is 39.5 Å². The summed E-state index contributed by atoms with van der Waals surface area (Å²) in [5.41, 5.74) is 2.42. The van der Waals surface area contributed by atoms with Crippen LogP contribution in [-0.2, 0) is 0 Å². The molecule has 0 atom stereocenters. The van der Waals surface area contributed by atoms with Crippen molar-refractivity contribution in [2.24, 2.45) is 5.11 Å². The normalized spacial score (nSPS) is 15.1. The highest BCUT2D eigenvalue weighted by molar-refractivity contribution is 5.94. The van der Waals surface area contributed by atoms with Crippen LogP contribution < -0.4 is 0 Å². The smallest absolute Gasteiger partial charge is 0.0654 e. The first-order chi connectivity index (χ1) is 5.34. The summed E-state index contributed by atoms with van der Waals surface area (Å²) in [5.74, 6) is 0. The molecular formula is C9H15N2+. The van der Waals surface area contributed by atoms with Gasteiger partial charge in [-0.2, -0.15) is 0 Å². The predicted molar refractivity (Wildman–Crippen MR) is 45.6 cm³/mol. The van der Waals surface area contributed by atoms with Crippen molar-refractivity contribution in [3.8, 4) is 0 Å². The third-order valence-corrected chi connectivity index (χ3v) is 1.94. The van der Waals surface area contributed by atoms with Gasteiger partial charge in [0.15, 0.2) is 0 Å². The van der Waals surface area contributed by atoms with Crippen LogP contribution in [0, 0.1) is 0 Å². The molecular weight excluding hydrogens is 136 g/mol. The molecule has 0 aromatic carbocycles. The largest absolute Gasteiger partial charge is 0.344 e. The van der Waals surface area contributed by atoms with Crippen LogP contribution in [0.25, 0.3) is 0 Å². The third kappa shape index (κ3) is 2.32.